The summed E-state index contributed by atoms with van der Waals surface area (Å²) >= 11 is 0. The highest BCUT2D eigenvalue weighted by Crippen LogP contribution is 2.19. The molecule has 1 N–H and O–H groups in total. The molecule has 2 nitrogen and oxygen atoms in total. The zero-order valence-corrected chi connectivity index (χ0v) is 9.79. The molecule has 2 heteroatoms. The van der Waals surface area contributed by atoms with Crippen LogP contribution in [0.2, 0.25) is 0 Å². The Kier molecular flexibility index (Phi) is 4.63. The second kappa shape index (κ2) is 5.76. The normalized spacial score (nSPS) is 12.5. The number of aliphatic hydroxyl groups excluding tert-OH is 1. The molecular formula is C13H20O2. The fraction of sp³-hybridized carbons (Fsp3) is 0.538. The van der Waals surface area contributed by atoms with Gasteiger partial charge in [0.15, 0.2) is 0 Å². The molecule has 84 valence electrons. The molecular weight excluding hydrogens is 188 g/mol. The molecule has 0 heterocycles. The Bertz CT molecular complexity index is 307. The fourth-order valence-corrected chi connectivity index (χ4v) is 1.56. The van der Waals surface area contributed by atoms with E-state index in [0.29, 0.717) is 6.61 Å². The van der Waals surface area contributed by atoms with Crippen molar-refractivity contribution in [1.82, 2.24) is 0 Å². The first-order valence-corrected chi connectivity index (χ1v) is 5.51. The second-order valence-electron chi connectivity index (χ2n) is 4.02. The second-order valence-corrected chi connectivity index (χ2v) is 4.02. The lowest BCUT2D eigenvalue weighted by atomic mass is 10.1. The Hall–Kier alpha value is -1.02. The van der Waals surface area contributed by atoms with Gasteiger partial charge in [-0.3, -0.25) is 0 Å². The molecule has 0 saturated carbocycles. The number of aryl methyl sites for hydroxylation is 2. The lowest BCUT2D eigenvalue weighted by Gasteiger charge is -2.13. The molecule has 0 aliphatic carbocycles. The molecule has 1 atom stereocenters. The molecule has 0 spiro atoms. The van der Waals surface area contributed by atoms with Crippen LogP contribution in [0.25, 0.3) is 0 Å². The number of benzene rings is 1. The molecule has 1 aromatic rings. The van der Waals surface area contributed by atoms with Crippen LogP contribution >= 0.6 is 0 Å². The lowest BCUT2D eigenvalue weighted by molar-refractivity contribution is 0.0990. The van der Waals surface area contributed by atoms with Crippen molar-refractivity contribution in [1.29, 1.82) is 0 Å². The molecule has 0 saturated heterocycles. The summed E-state index contributed by atoms with van der Waals surface area (Å²) in [5, 5.41) is 9.53. The van der Waals surface area contributed by atoms with E-state index in [0.717, 1.165) is 24.2 Å². The van der Waals surface area contributed by atoms with Gasteiger partial charge in [-0.15, -0.1) is 0 Å². The maximum atomic E-state index is 9.53. The van der Waals surface area contributed by atoms with E-state index in [1.54, 1.807) is 0 Å². The highest BCUT2D eigenvalue weighted by atomic mass is 16.5. The summed E-state index contributed by atoms with van der Waals surface area (Å²) in [6.07, 6.45) is 1.43. The Morgan fingerprint density at radius 3 is 2.67 bits per heavy atom. The monoisotopic (exact) mass is 208 g/mol. The average Bonchev–Trinajstić information content (AvgIpc) is 2.17. The summed E-state index contributed by atoms with van der Waals surface area (Å²) in [6, 6.07) is 6.07. The molecule has 0 fully saturated rings. The molecule has 0 aliphatic heterocycles. The van der Waals surface area contributed by atoms with E-state index in [4.69, 9.17) is 4.74 Å². The van der Waals surface area contributed by atoms with E-state index in [2.05, 4.69) is 19.9 Å². The van der Waals surface area contributed by atoms with Gasteiger partial charge in [-0.1, -0.05) is 31.0 Å². The Labute approximate surface area is 91.9 Å². The first-order chi connectivity index (χ1) is 7.13. The first kappa shape index (κ1) is 12.1. The van der Waals surface area contributed by atoms with Crippen molar-refractivity contribution in [3.8, 4) is 5.75 Å². The van der Waals surface area contributed by atoms with E-state index >= 15 is 0 Å². The van der Waals surface area contributed by atoms with Crippen LogP contribution in [0.5, 0.6) is 5.75 Å². The third-order valence-corrected chi connectivity index (χ3v) is 2.38. The summed E-state index contributed by atoms with van der Waals surface area (Å²) < 4.78 is 5.56. The van der Waals surface area contributed by atoms with Crippen molar-refractivity contribution in [2.24, 2.45) is 0 Å². The van der Waals surface area contributed by atoms with E-state index in [9.17, 15) is 5.11 Å². The molecule has 0 amide bonds. The molecule has 1 rings (SSSR count). The van der Waals surface area contributed by atoms with Crippen LogP contribution in [0, 0.1) is 13.8 Å². The van der Waals surface area contributed by atoms with Gasteiger partial charge in [-0.2, -0.15) is 0 Å². The molecule has 15 heavy (non-hydrogen) atoms. The SMILES string of the molecule is CCCC(O)COc1ccc(C)cc1C. The number of rotatable bonds is 5. The smallest absolute Gasteiger partial charge is 0.122 e. The van der Waals surface area contributed by atoms with Crippen molar-refractivity contribution in [3.63, 3.8) is 0 Å². The molecule has 0 radical (unpaired) electrons. The van der Waals surface area contributed by atoms with Crippen molar-refractivity contribution < 1.29 is 9.84 Å². The molecule has 0 bridgehead atoms. The van der Waals surface area contributed by atoms with Crippen LogP contribution in [0.15, 0.2) is 18.2 Å². The van der Waals surface area contributed by atoms with Gasteiger partial charge < -0.3 is 9.84 Å². The number of ether oxygens (including phenoxy) is 1. The van der Waals surface area contributed by atoms with Gasteiger partial charge in [0.05, 0.1) is 6.10 Å². The standard InChI is InChI=1S/C13H20O2/c1-4-5-12(14)9-15-13-7-6-10(2)8-11(13)3/h6-8,12,14H,4-5,9H2,1-3H3. The summed E-state index contributed by atoms with van der Waals surface area (Å²) in [5.74, 6) is 0.871. The molecule has 0 aliphatic rings. The fourth-order valence-electron chi connectivity index (χ4n) is 1.56. The third kappa shape index (κ3) is 3.92. The van der Waals surface area contributed by atoms with E-state index in [1.807, 2.05) is 19.1 Å². The van der Waals surface area contributed by atoms with Crippen LogP contribution in [0.3, 0.4) is 0 Å². The van der Waals surface area contributed by atoms with Crippen LogP contribution in [0.1, 0.15) is 30.9 Å². The van der Waals surface area contributed by atoms with E-state index in [-0.39, 0.29) is 6.10 Å². The van der Waals surface area contributed by atoms with Crippen molar-refractivity contribution in [2.75, 3.05) is 6.61 Å². The van der Waals surface area contributed by atoms with Crippen LogP contribution in [0.4, 0.5) is 0 Å². The first-order valence-electron chi connectivity index (χ1n) is 5.51. The summed E-state index contributed by atoms with van der Waals surface area (Å²) in [6.45, 7) is 6.52. The zero-order valence-electron chi connectivity index (χ0n) is 9.79. The van der Waals surface area contributed by atoms with Gasteiger partial charge >= 0.3 is 0 Å². The van der Waals surface area contributed by atoms with E-state index < -0.39 is 0 Å². The minimum Gasteiger partial charge on any atom is -0.491 e. The summed E-state index contributed by atoms with van der Waals surface area (Å²) in [4.78, 5) is 0. The predicted molar refractivity (Wildman–Crippen MR) is 62.3 cm³/mol. The maximum absolute atomic E-state index is 9.53. The minimum absolute atomic E-state index is 0.351. The van der Waals surface area contributed by atoms with Gasteiger partial charge in [-0.05, 0) is 31.9 Å². The summed E-state index contributed by atoms with van der Waals surface area (Å²) in [7, 11) is 0. The number of aliphatic hydroxyl groups is 1. The topological polar surface area (TPSA) is 29.5 Å². The van der Waals surface area contributed by atoms with Gasteiger partial charge in [0.1, 0.15) is 12.4 Å². The predicted octanol–water partition coefficient (Wildman–Crippen LogP) is 2.84. The Morgan fingerprint density at radius 2 is 2.07 bits per heavy atom. The Balaban J connectivity index is 2.50. The summed E-state index contributed by atoms with van der Waals surface area (Å²) in [5.41, 5.74) is 2.35. The number of hydrogen-bond donors (Lipinski definition) is 1. The third-order valence-electron chi connectivity index (χ3n) is 2.38. The molecule has 1 aromatic carbocycles. The largest absolute Gasteiger partial charge is 0.491 e. The van der Waals surface area contributed by atoms with Crippen LogP contribution < -0.4 is 4.74 Å². The number of hydrogen-bond acceptors (Lipinski definition) is 2. The van der Waals surface area contributed by atoms with Gasteiger partial charge in [-0.25, -0.2) is 0 Å². The Morgan fingerprint density at radius 1 is 1.33 bits per heavy atom. The van der Waals surface area contributed by atoms with Gasteiger partial charge in [0, 0.05) is 0 Å². The van der Waals surface area contributed by atoms with Crippen molar-refractivity contribution in [3.05, 3.63) is 29.3 Å². The van der Waals surface area contributed by atoms with Crippen molar-refractivity contribution >= 4 is 0 Å². The minimum atomic E-state index is -0.351. The van der Waals surface area contributed by atoms with Crippen molar-refractivity contribution in [2.45, 2.75) is 39.7 Å². The zero-order chi connectivity index (χ0) is 11.3. The molecule has 0 aromatic heterocycles. The maximum Gasteiger partial charge on any atom is 0.122 e. The lowest BCUT2D eigenvalue weighted by Crippen LogP contribution is -2.17. The van der Waals surface area contributed by atoms with Gasteiger partial charge in [0.25, 0.3) is 0 Å². The average molecular weight is 208 g/mol. The quantitative estimate of drug-likeness (QED) is 0.806. The van der Waals surface area contributed by atoms with Gasteiger partial charge in [0.2, 0.25) is 0 Å². The van der Waals surface area contributed by atoms with Crippen LogP contribution in [-0.4, -0.2) is 17.8 Å². The van der Waals surface area contributed by atoms with Crippen LogP contribution in [-0.2, 0) is 0 Å². The van der Waals surface area contributed by atoms with E-state index in [1.165, 1.54) is 5.56 Å². The highest BCUT2D eigenvalue weighted by Gasteiger charge is 2.05. The highest BCUT2D eigenvalue weighted by molar-refractivity contribution is 5.35. The molecule has 1 unspecified atom stereocenters.